The highest BCUT2D eigenvalue weighted by Crippen LogP contribution is 2.29. The number of halogens is 1. The van der Waals surface area contributed by atoms with Crippen LogP contribution in [0.1, 0.15) is 11.1 Å². The molecule has 0 spiro atoms. The second kappa shape index (κ2) is 6.04. The standard InChI is InChI=1S/C17H12BrN3O/c1-22-17-4-5-20-9-12(17)6-11(8-19)15-10-21-16-7-13(18)2-3-14(15)16/h2-7,9-10,21H,1H3/b11-6+. The van der Waals surface area contributed by atoms with Crippen LogP contribution in [0.5, 0.6) is 5.75 Å². The van der Waals surface area contributed by atoms with Crippen LogP contribution in [0, 0.1) is 11.3 Å². The molecule has 1 aromatic carbocycles. The Labute approximate surface area is 136 Å². The van der Waals surface area contributed by atoms with E-state index >= 15 is 0 Å². The Balaban J connectivity index is 2.14. The number of hydrogen-bond donors (Lipinski definition) is 1. The molecule has 108 valence electrons. The van der Waals surface area contributed by atoms with Gasteiger partial charge < -0.3 is 9.72 Å². The van der Waals surface area contributed by atoms with Gasteiger partial charge in [0.15, 0.2) is 0 Å². The van der Waals surface area contributed by atoms with E-state index in [1.165, 1.54) is 0 Å². The maximum Gasteiger partial charge on any atom is 0.129 e. The molecule has 1 N–H and O–H groups in total. The lowest BCUT2D eigenvalue weighted by atomic mass is 10.0. The molecule has 0 atom stereocenters. The van der Waals surface area contributed by atoms with Crippen molar-refractivity contribution in [2.45, 2.75) is 0 Å². The summed E-state index contributed by atoms with van der Waals surface area (Å²) in [6.07, 6.45) is 6.97. The highest BCUT2D eigenvalue weighted by molar-refractivity contribution is 9.10. The van der Waals surface area contributed by atoms with Crippen molar-refractivity contribution in [1.29, 1.82) is 5.26 Å². The van der Waals surface area contributed by atoms with Gasteiger partial charge in [-0.05, 0) is 24.3 Å². The second-order valence-electron chi connectivity index (χ2n) is 4.68. The Bertz CT molecular complexity index is 906. The molecule has 5 heteroatoms. The van der Waals surface area contributed by atoms with Crippen LogP contribution in [0.3, 0.4) is 0 Å². The van der Waals surface area contributed by atoms with Crippen LogP contribution in [-0.2, 0) is 0 Å². The lowest BCUT2D eigenvalue weighted by molar-refractivity contribution is 0.413. The van der Waals surface area contributed by atoms with Gasteiger partial charge in [0.1, 0.15) is 5.75 Å². The molecule has 0 aliphatic heterocycles. The molecular formula is C17H12BrN3O. The molecule has 2 heterocycles. The first kappa shape index (κ1) is 14.4. The fourth-order valence-corrected chi connectivity index (χ4v) is 2.70. The molecule has 0 aliphatic rings. The van der Waals surface area contributed by atoms with Crippen molar-refractivity contribution in [1.82, 2.24) is 9.97 Å². The SMILES string of the molecule is COc1ccncc1/C=C(\C#N)c1c[nH]c2cc(Br)ccc12. The normalized spacial score (nSPS) is 11.4. The van der Waals surface area contributed by atoms with E-state index in [0.717, 1.165) is 26.5 Å². The van der Waals surface area contributed by atoms with E-state index in [1.807, 2.05) is 24.4 Å². The maximum atomic E-state index is 9.53. The van der Waals surface area contributed by atoms with Crippen LogP contribution < -0.4 is 4.74 Å². The molecule has 0 saturated carbocycles. The van der Waals surface area contributed by atoms with Crippen LogP contribution in [0.25, 0.3) is 22.6 Å². The maximum absolute atomic E-state index is 9.53. The van der Waals surface area contributed by atoms with E-state index in [-0.39, 0.29) is 0 Å². The molecule has 3 aromatic rings. The number of hydrogen-bond acceptors (Lipinski definition) is 3. The highest BCUT2D eigenvalue weighted by Gasteiger charge is 2.10. The van der Waals surface area contributed by atoms with Gasteiger partial charge in [-0.1, -0.05) is 22.0 Å². The Hall–Kier alpha value is -2.58. The number of aromatic amines is 1. The minimum absolute atomic E-state index is 0.555. The monoisotopic (exact) mass is 353 g/mol. The Kier molecular flexibility index (Phi) is 3.94. The van der Waals surface area contributed by atoms with Gasteiger partial charge in [-0.2, -0.15) is 5.26 Å². The summed E-state index contributed by atoms with van der Waals surface area (Å²) in [5.74, 6) is 0.685. The van der Waals surface area contributed by atoms with E-state index < -0.39 is 0 Å². The summed E-state index contributed by atoms with van der Waals surface area (Å²) in [5.41, 5.74) is 3.16. The number of rotatable bonds is 3. The molecule has 0 amide bonds. The van der Waals surface area contributed by atoms with Gasteiger partial charge in [0, 0.05) is 45.1 Å². The lowest BCUT2D eigenvalue weighted by Gasteiger charge is -2.04. The van der Waals surface area contributed by atoms with Gasteiger partial charge >= 0.3 is 0 Å². The minimum Gasteiger partial charge on any atom is -0.496 e. The van der Waals surface area contributed by atoms with E-state index in [1.54, 1.807) is 31.6 Å². The molecule has 0 unspecified atom stereocenters. The molecule has 0 bridgehead atoms. The topological polar surface area (TPSA) is 61.7 Å². The third kappa shape index (κ3) is 2.61. The van der Waals surface area contributed by atoms with Gasteiger partial charge in [-0.3, -0.25) is 4.98 Å². The summed E-state index contributed by atoms with van der Waals surface area (Å²) >= 11 is 3.44. The smallest absolute Gasteiger partial charge is 0.129 e. The Morgan fingerprint density at radius 2 is 2.27 bits per heavy atom. The fourth-order valence-electron chi connectivity index (χ4n) is 2.34. The number of aromatic nitrogens is 2. The zero-order valence-corrected chi connectivity index (χ0v) is 13.4. The number of nitriles is 1. The number of nitrogens with one attached hydrogen (secondary N) is 1. The first-order valence-electron chi connectivity index (χ1n) is 6.59. The number of pyridine rings is 1. The van der Waals surface area contributed by atoms with Crippen molar-refractivity contribution in [3.63, 3.8) is 0 Å². The van der Waals surface area contributed by atoms with Gasteiger partial charge in [-0.15, -0.1) is 0 Å². The van der Waals surface area contributed by atoms with Gasteiger partial charge in [-0.25, -0.2) is 0 Å². The average molecular weight is 354 g/mol. The van der Waals surface area contributed by atoms with E-state index in [0.29, 0.717) is 11.3 Å². The first-order valence-corrected chi connectivity index (χ1v) is 7.39. The number of methoxy groups -OCH3 is 1. The minimum atomic E-state index is 0.555. The molecular weight excluding hydrogens is 342 g/mol. The van der Waals surface area contributed by atoms with Crippen molar-refractivity contribution in [3.05, 3.63) is 58.5 Å². The molecule has 0 saturated heterocycles. The van der Waals surface area contributed by atoms with E-state index in [4.69, 9.17) is 4.74 Å². The molecule has 22 heavy (non-hydrogen) atoms. The summed E-state index contributed by atoms with van der Waals surface area (Å²) in [4.78, 5) is 7.28. The van der Waals surface area contributed by atoms with E-state index in [9.17, 15) is 5.26 Å². The Morgan fingerprint density at radius 3 is 3.05 bits per heavy atom. The third-order valence-electron chi connectivity index (χ3n) is 3.38. The lowest BCUT2D eigenvalue weighted by Crippen LogP contribution is -1.88. The number of H-pyrrole nitrogens is 1. The number of benzene rings is 1. The van der Waals surface area contributed by atoms with Crippen LogP contribution in [0.4, 0.5) is 0 Å². The number of ether oxygens (including phenoxy) is 1. The molecule has 0 aliphatic carbocycles. The zero-order chi connectivity index (χ0) is 15.5. The van der Waals surface area contributed by atoms with Crippen LogP contribution in [-0.4, -0.2) is 17.1 Å². The quantitative estimate of drug-likeness (QED) is 0.709. The molecule has 0 fully saturated rings. The first-order chi connectivity index (χ1) is 10.7. The predicted octanol–water partition coefficient (Wildman–Crippen LogP) is 4.40. The van der Waals surface area contributed by atoms with Gasteiger partial charge in [0.25, 0.3) is 0 Å². The summed E-state index contributed by atoms with van der Waals surface area (Å²) in [5, 5.41) is 10.5. The molecule has 2 aromatic heterocycles. The van der Waals surface area contributed by atoms with E-state index in [2.05, 4.69) is 32.0 Å². The number of fused-ring (bicyclic) bond motifs is 1. The van der Waals surface area contributed by atoms with Gasteiger partial charge in [0.05, 0.1) is 18.8 Å². The summed E-state index contributed by atoms with van der Waals surface area (Å²) in [7, 11) is 1.60. The predicted molar refractivity (Wildman–Crippen MR) is 90.3 cm³/mol. The highest BCUT2D eigenvalue weighted by atomic mass is 79.9. The number of allylic oxidation sites excluding steroid dienone is 1. The summed E-state index contributed by atoms with van der Waals surface area (Å²) in [6.45, 7) is 0. The van der Waals surface area contributed by atoms with Crippen molar-refractivity contribution in [3.8, 4) is 11.8 Å². The van der Waals surface area contributed by atoms with Crippen molar-refractivity contribution >= 4 is 38.5 Å². The van der Waals surface area contributed by atoms with Crippen LogP contribution in [0.2, 0.25) is 0 Å². The van der Waals surface area contributed by atoms with Crippen LogP contribution in [0.15, 0.2) is 47.3 Å². The molecule has 0 radical (unpaired) electrons. The van der Waals surface area contributed by atoms with Crippen LogP contribution >= 0.6 is 15.9 Å². The summed E-state index contributed by atoms with van der Waals surface area (Å²) in [6, 6.07) is 9.95. The van der Waals surface area contributed by atoms with Crippen molar-refractivity contribution in [2.24, 2.45) is 0 Å². The van der Waals surface area contributed by atoms with Gasteiger partial charge in [0.2, 0.25) is 0 Å². The largest absolute Gasteiger partial charge is 0.496 e. The molecule has 3 rings (SSSR count). The van der Waals surface area contributed by atoms with Crippen molar-refractivity contribution < 1.29 is 4.74 Å². The third-order valence-corrected chi connectivity index (χ3v) is 3.88. The molecule has 4 nitrogen and oxygen atoms in total. The number of nitrogens with zero attached hydrogens (tertiary/aromatic N) is 2. The zero-order valence-electron chi connectivity index (χ0n) is 11.8. The van der Waals surface area contributed by atoms with Crippen molar-refractivity contribution in [2.75, 3.05) is 7.11 Å². The summed E-state index contributed by atoms with van der Waals surface area (Å²) < 4.78 is 6.29. The Morgan fingerprint density at radius 1 is 1.41 bits per heavy atom. The fraction of sp³-hybridized carbons (Fsp3) is 0.0588. The second-order valence-corrected chi connectivity index (χ2v) is 5.60. The average Bonchev–Trinajstić information content (AvgIpc) is 2.95.